The van der Waals surface area contributed by atoms with Gasteiger partial charge in [0.2, 0.25) is 0 Å². The summed E-state index contributed by atoms with van der Waals surface area (Å²) in [4.78, 5) is 13.9. The molecule has 2 heterocycles. The van der Waals surface area contributed by atoms with E-state index in [0.29, 0.717) is 6.54 Å². The summed E-state index contributed by atoms with van der Waals surface area (Å²) in [5.74, 6) is 0.118. The molecule has 2 spiro atoms. The number of carbonyl (C=O) groups excluding carboxylic acids is 1. The predicted octanol–water partition coefficient (Wildman–Crippen LogP) is 0.130. The first-order chi connectivity index (χ1) is 7.14. The highest BCUT2D eigenvalue weighted by atomic mass is 16.5. The summed E-state index contributed by atoms with van der Waals surface area (Å²) < 4.78 is 6.14. The highest BCUT2D eigenvalue weighted by Crippen LogP contribution is 2.47. The van der Waals surface area contributed by atoms with Crippen LogP contribution in [-0.2, 0) is 9.53 Å². The lowest BCUT2D eigenvalue weighted by Crippen LogP contribution is -2.61. The maximum absolute atomic E-state index is 11.6. The molecular weight excluding hydrogens is 192 g/mol. The molecule has 2 saturated heterocycles. The summed E-state index contributed by atoms with van der Waals surface area (Å²) in [5.41, 5.74) is -0.481. The van der Waals surface area contributed by atoms with E-state index in [-0.39, 0.29) is 11.5 Å². The van der Waals surface area contributed by atoms with Crippen LogP contribution in [0.5, 0.6) is 0 Å². The number of rotatable bonds is 0. The van der Waals surface area contributed by atoms with Crippen LogP contribution in [0.3, 0.4) is 0 Å². The van der Waals surface area contributed by atoms with Crippen molar-refractivity contribution >= 4 is 5.91 Å². The molecule has 2 aliphatic heterocycles. The molecule has 0 atom stereocenters. The maximum atomic E-state index is 11.6. The summed E-state index contributed by atoms with van der Waals surface area (Å²) in [6.45, 7) is 2.86. The molecule has 3 fully saturated rings. The molecule has 0 bridgehead atoms. The van der Waals surface area contributed by atoms with Crippen molar-refractivity contribution in [2.75, 3.05) is 26.7 Å². The number of hydrogen-bond donors (Lipinski definition) is 1. The lowest BCUT2D eigenvalue weighted by atomic mass is 9.89. The van der Waals surface area contributed by atoms with Crippen LogP contribution in [0.1, 0.15) is 25.7 Å². The van der Waals surface area contributed by atoms with Crippen molar-refractivity contribution in [2.24, 2.45) is 0 Å². The number of likely N-dealkylation sites (tertiary alicyclic amines) is 1. The van der Waals surface area contributed by atoms with Gasteiger partial charge in [-0.05, 0) is 32.7 Å². The quantitative estimate of drug-likeness (QED) is 0.618. The number of ether oxygens (including phenoxy) is 1. The van der Waals surface area contributed by atoms with Gasteiger partial charge in [0.1, 0.15) is 5.60 Å². The smallest absolute Gasteiger partial charge is 0.252 e. The molecule has 3 aliphatic rings. The van der Waals surface area contributed by atoms with Gasteiger partial charge in [0.05, 0.1) is 5.60 Å². The van der Waals surface area contributed by atoms with Crippen molar-refractivity contribution < 1.29 is 9.53 Å². The fourth-order valence-electron chi connectivity index (χ4n) is 2.65. The van der Waals surface area contributed by atoms with Gasteiger partial charge in [0.25, 0.3) is 5.91 Å². The van der Waals surface area contributed by atoms with Gasteiger partial charge in [-0.15, -0.1) is 0 Å². The molecule has 0 aromatic rings. The third-order valence-electron chi connectivity index (χ3n) is 4.00. The van der Waals surface area contributed by atoms with E-state index in [2.05, 4.69) is 17.3 Å². The monoisotopic (exact) mass is 210 g/mol. The lowest BCUT2D eigenvalue weighted by molar-refractivity contribution is -0.177. The molecule has 1 amide bonds. The van der Waals surface area contributed by atoms with E-state index >= 15 is 0 Å². The zero-order valence-corrected chi connectivity index (χ0v) is 9.21. The highest BCUT2D eigenvalue weighted by molar-refractivity contribution is 5.88. The maximum Gasteiger partial charge on any atom is 0.252 e. The molecule has 3 rings (SSSR count). The van der Waals surface area contributed by atoms with Crippen molar-refractivity contribution in [2.45, 2.75) is 36.9 Å². The van der Waals surface area contributed by atoms with Gasteiger partial charge in [-0.25, -0.2) is 0 Å². The van der Waals surface area contributed by atoms with E-state index in [9.17, 15) is 4.79 Å². The minimum atomic E-state index is -0.422. The van der Waals surface area contributed by atoms with Gasteiger partial charge in [0.15, 0.2) is 0 Å². The standard InChI is InChI=1S/C11H18N2O2/c1-13-6-4-10(5-7-13)8-12-9(14)11(15-10)2-3-11/h2-8H2,1H3,(H,12,14). The zero-order chi connectivity index (χ0) is 10.5. The van der Waals surface area contributed by atoms with E-state index in [1.165, 1.54) is 0 Å². The normalized spacial score (nSPS) is 33.0. The Morgan fingerprint density at radius 2 is 1.93 bits per heavy atom. The molecule has 84 valence electrons. The molecule has 4 heteroatoms. The Kier molecular flexibility index (Phi) is 1.89. The second-order valence-electron chi connectivity index (χ2n) is 5.27. The molecule has 4 nitrogen and oxygen atoms in total. The third kappa shape index (κ3) is 1.47. The number of carbonyl (C=O) groups is 1. The summed E-state index contributed by atoms with van der Waals surface area (Å²) in [7, 11) is 2.14. The van der Waals surface area contributed by atoms with Gasteiger partial charge in [-0.2, -0.15) is 0 Å². The fraction of sp³-hybridized carbons (Fsp3) is 0.909. The summed E-state index contributed by atoms with van der Waals surface area (Å²) in [6.07, 6.45) is 3.92. The Morgan fingerprint density at radius 1 is 1.27 bits per heavy atom. The molecular formula is C11H18N2O2. The minimum Gasteiger partial charge on any atom is -0.357 e. The number of piperidine rings is 1. The predicted molar refractivity (Wildman–Crippen MR) is 55.5 cm³/mol. The van der Waals surface area contributed by atoms with Crippen LogP contribution in [0.4, 0.5) is 0 Å². The molecule has 0 aromatic carbocycles. The zero-order valence-electron chi connectivity index (χ0n) is 9.21. The SMILES string of the molecule is CN1CCC2(CC1)CNC(=O)C1(CC1)O2. The number of nitrogens with zero attached hydrogens (tertiary/aromatic N) is 1. The number of nitrogens with one attached hydrogen (secondary N) is 1. The van der Waals surface area contributed by atoms with Crippen molar-refractivity contribution in [3.63, 3.8) is 0 Å². The molecule has 0 unspecified atom stereocenters. The van der Waals surface area contributed by atoms with E-state index < -0.39 is 5.60 Å². The van der Waals surface area contributed by atoms with Gasteiger partial charge in [0, 0.05) is 19.6 Å². The highest BCUT2D eigenvalue weighted by Gasteiger charge is 2.59. The van der Waals surface area contributed by atoms with Crippen molar-refractivity contribution in [3.05, 3.63) is 0 Å². The molecule has 15 heavy (non-hydrogen) atoms. The average Bonchev–Trinajstić information content (AvgIpc) is 2.99. The number of hydrogen-bond acceptors (Lipinski definition) is 3. The van der Waals surface area contributed by atoms with Crippen molar-refractivity contribution in [1.29, 1.82) is 0 Å². The van der Waals surface area contributed by atoms with Crippen molar-refractivity contribution in [3.8, 4) is 0 Å². The van der Waals surface area contributed by atoms with Crippen LogP contribution in [0.25, 0.3) is 0 Å². The van der Waals surface area contributed by atoms with E-state index in [1.807, 2.05) is 0 Å². The van der Waals surface area contributed by atoms with Gasteiger partial charge >= 0.3 is 0 Å². The minimum absolute atomic E-state index is 0.0586. The summed E-state index contributed by atoms with van der Waals surface area (Å²) >= 11 is 0. The lowest BCUT2D eigenvalue weighted by Gasteiger charge is -2.45. The van der Waals surface area contributed by atoms with Gasteiger partial charge in [-0.1, -0.05) is 0 Å². The van der Waals surface area contributed by atoms with Crippen LogP contribution in [-0.4, -0.2) is 48.7 Å². The second kappa shape index (κ2) is 2.95. The largest absolute Gasteiger partial charge is 0.357 e. The van der Waals surface area contributed by atoms with Crippen LogP contribution >= 0.6 is 0 Å². The first-order valence-corrected chi connectivity index (χ1v) is 5.81. The first kappa shape index (κ1) is 9.60. The van der Waals surface area contributed by atoms with E-state index in [1.54, 1.807) is 0 Å². The van der Waals surface area contributed by atoms with Crippen LogP contribution < -0.4 is 5.32 Å². The fourth-order valence-corrected chi connectivity index (χ4v) is 2.65. The van der Waals surface area contributed by atoms with Crippen LogP contribution in [0, 0.1) is 0 Å². The summed E-state index contributed by atoms with van der Waals surface area (Å²) in [5, 5.41) is 3.03. The molecule has 1 aliphatic carbocycles. The molecule has 0 radical (unpaired) electrons. The van der Waals surface area contributed by atoms with Gasteiger partial charge in [-0.3, -0.25) is 4.79 Å². The topological polar surface area (TPSA) is 41.6 Å². The number of amides is 1. The first-order valence-electron chi connectivity index (χ1n) is 5.81. The van der Waals surface area contributed by atoms with Gasteiger partial charge < -0.3 is 15.0 Å². The Hall–Kier alpha value is -0.610. The third-order valence-corrected chi connectivity index (χ3v) is 4.00. The Morgan fingerprint density at radius 3 is 2.53 bits per heavy atom. The van der Waals surface area contributed by atoms with Crippen molar-refractivity contribution in [1.82, 2.24) is 10.2 Å². The summed E-state index contributed by atoms with van der Waals surface area (Å²) in [6, 6.07) is 0. The van der Waals surface area contributed by atoms with E-state index in [0.717, 1.165) is 38.8 Å². The Balaban J connectivity index is 1.74. The van der Waals surface area contributed by atoms with E-state index in [4.69, 9.17) is 4.74 Å². The second-order valence-corrected chi connectivity index (χ2v) is 5.27. The molecule has 1 saturated carbocycles. The number of morpholine rings is 1. The molecule has 0 aromatic heterocycles. The molecule has 1 N–H and O–H groups in total. The Labute approximate surface area is 90.0 Å². The van der Waals surface area contributed by atoms with Crippen LogP contribution in [0.15, 0.2) is 0 Å². The van der Waals surface area contributed by atoms with Crippen LogP contribution in [0.2, 0.25) is 0 Å². The average molecular weight is 210 g/mol. The Bertz CT molecular complexity index is 291.